The molecule has 0 aliphatic carbocycles. The van der Waals surface area contributed by atoms with Gasteiger partial charge in [-0.1, -0.05) is 0 Å². The van der Waals surface area contributed by atoms with Crippen LogP contribution < -0.4 is 5.32 Å². The fourth-order valence-electron chi connectivity index (χ4n) is 1.83. The second-order valence-electron chi connectivity index (χ2n) is 4.05. The van der Waals surface area contributed by atoms with Crippen LogP contribution >= 0.6 is 0 Å². The Kier molecular flexibility index (Phi) is 2.77. The Labute approximate surface area is 85.0 Å². The first kappa shape index (κ1) is 9.59. The van der Waals surface area contributed by atoms with Crippen LogP contribution in [0.3, 0.4) is 0 Å². The van der Waals surface area contributed by atoms with Crippen LogP contribution in [0.15, 0.2) is 6.20 Å². The first-order valence-electron chi connectivity index (χ1n) is 5.28. The lowest BCUT2D eigenvalue weighted by Crippen LogP contribution is -2.24. The highest BCUT2D eigenvalue weighted by molar-refractivity contribution is 5.14. The molecule has 0 amide bonds. The minimum absolute atomic E-state index is 0.595. The zero-order valence-corrected chi connectivity index (χ0v) is 8.88. The quantitative estimate of drug-likeness (QED) is 0.767. The molecule has 2 heterocycles. The number of aryl methyl sites for hydroxylation is 2. The van der Waals surface area contributed by atoms with Crippen molar-refractivity contribution in [2.75, 3.05) is 6.54 Å². The second-order valence-corrected chi connectivity index (χ2v) is 4.05. The van der Waals surface area contributed by atoms with Crippen LogP contribution in [0.4, 0.5) is 0 Å². The molecular weight excluding hydrogens is 174 g/mol. The Morgan fingerprint density at radius 2 is 2.36 bits per heavy atom. The van der Waals surface area contributed by atoms with Gasteiger partial charge in [0.15, 0.2) is 0 Å². The number of rotatable bonds is 2. The Hall–Kier alpha value is -0.960. The number of hydrogen-bond acceptors (Lipinski definition) is 3. The summed E-state index contributed by atoms with van der Waals surface area (Å²) in [5.74, 6) is 0.979. The zero-order valence-electron chi connectivity index (χ0n) is 8.88. The molecule has 0 radical (unpaired) electrons. The first-order chi connectivity index (χ1) is 6.75. The predicted molar refractivity (Wildman–Crippen MR) is 56.2 cm³/mol. The van der Waals surface area contributed by atoms with Crippen LogP contribution in [0.1, 0.15) is 29.9 Å². The van der Waals surface area contributed by atoms with Gasteiger partial charge in [0, 0.05) is 24.4 Å². The molecule has 1 saturated heterocycles. The summed E-state index contributed by atoms with van der Waals surface area (Å²) in [5.41, 5.74) is 2.28. The molecule has 0 spiro atoms. The normalized spacial score (nSPS) is 21.4. The molecule has 0 aromatic carbocycles. The zero-order chi connectivity index (χ0) is 9.97. The van der Waals surface area contributed by atoms with Crippen molar-refractivity contribution in [1.29, 1.82) is 0 Å². The summed E-state index contributed by atoms with van der Waals surface area (Å²) in [6.45, 7) is 5.24. The topological polar surface area (TPSA) is 37.8 Å². The fraction of sp³-hybridized carbons (Fsp3) is 0.636. The van der Waals surface area contributed by atoms with Gasteiger partial charge in [-0.2, -0.15) is 0 Å². The lowest BCUT2D eigenvalue weighted by atomic mass is 10.1. The van der Waals surface area contributed by atoms with Crippen molar-refractivity contribution < 1.29 is 0 Å². The van der Waals surface area contributed by atoms with Crippen LogP contribution in [0.2, 0.25) is 0 Å². The van der Waals surface area contributed by atoms with Crippen molar-refractivity contribution in [3.63, 3.8) is 0 Å². The van der Waals surface area contributed by atoms with Crippen molar-refractivity contribution in [1.82, 2.24) is 15.3 Å². The van der Waals surface area contributed by atoms with Crippen molar-refractivity contribution in [3.05, 3.63) is 23.3 Å². The second kappa shape index (κ2) is 4.05. The van der Waals surface area contributed by atoms with Gasteiger partial charge in [-0.3, -0.25) is 0 Å². The maximum Gasteiger partial charge on any atom is 0.130 e. The SMILES string of the molecule is Cc1cnc(CC2CCCN2)nc1C. The van der Waals surface area contributed by atoms with E-state index < -0.39 is 0 Å². The summed E-state index contributed by atoms with van der Waals surface area (Å²) < 4.78 is 0. The molecule has 0 saturated carbocycles. The molecule has 1 N–H and O–H groups in total. The van der Waals surface area contributed by atoms with Gasteiger partial charge in [0.05, 0.1) is 0 Å². The van der Waals surface area contributed by atoms with Gasteiger partial charge in [0.2, 0.25) is 0 Å². The Balaban J connectivity index is 2.05. The third-order valence-corrected chi connectivity index (χ3v) is 2.87. The van der Waals surface area contributed by atoms with E-state index in [0.717, 1.165) is 24.5 Å². The molecule has 76 valence electrons. The molecule has 1 fully saturated rings. The maximum atomic E-state index is 4.49. The van der Waals surface area contributed by atoms with E-state index in [0.29, 0.717) is 6.04 Å². The minimum atomic E-state index is 0.595. The summed E-state index contributed by atoms with van der Waals surface area (Å²) in [6, 6.07) is 0.595. The van der Waals surface area contributed by atoms with E-state index >= 15 is 0 Å². The highest BCUT2D eigenvalue weighted by Crippen LogP contribution is 2.10. The monoisotopic (exact) mass is 191 g/mol. The minimum Gasteiger partial charge on any atom is -0.314 e. The number of nitrogens with zero attached hydrogens (tertiary/aromatic N) is 2. The average Bonchev–Trinajstić information content (AvgIpc) is 2.64. The number of hydrogen-bond donors (Lipinski definition) is 1. The standard InChI is InChI=1S/C11H17N3/c1-8-7-13-11(14-9(8)2)6-10-4-3-5-12-10/h7,10,12H,3-6H2,1-2H3. The molecule has 1 aromatic heterocycles. The van der Waals surface area contributed by atoms with E-state index in [1.807, 2.05) is 20.0 Å². The third kappa shape index (κ3) is 2.10. The van der Waals surface area contributed by atoms with Crippen LogP contribution in [0.5, 0.6) is 0 Å². The number of nitrogens with one attached hydrogen (secondary N) is 1. The largest absolute Gasteiger partial charge is 0.314 e. The van der Waals surface area contributed by atoms with Crippen LogP contribution in [-0.2, 0) is 6.42 Å². The predicted octanol–water partition coefficient (Wildman–Crippen LogP) is 1.39. The summed E-state index contributed by atoms with van der Waals surface area (Å²) >= 11 is 0. The average molecular weight is 191 g/mol. The van der Waals surface area contributed by atoms with Gasteiger partial charge in [-0.15, -0.1) is 0 Å². The van der Waals surface area contributed by atoms with E-state index in [1.54, 1.807) is 0 Å². The van der Waals surface area contributed by atoms with E-state index in [9.17, 15) is 0 Å². The van der Waals surface area contributed by atoms with Crippen LogP contribution in [0.25, 0.3) is 0 Å². The first-order valence-corrected chi connectivity index (χ1v) is 5.28. The lowest BCUT2D eigenvalue weighted by Gasteiger charge is -2.09. The highest BCUT2D eigenvalue weighted by atomic mass is 15.0. The van der Waals surface area contributed by atoms with Gasteiger partial charge >= 0.3 is 0 Å². The maximum absolute atomic E-state index is 4.49. The summed E-state index contributed by atoms with van der Waals surface area (Å²) in [4.78, 5) is 8.84. The Morgan fingerprint density at radius 3 is 3.00 bits per heavy atom. The molecule has 14 heavy (non-hydrogen) atoms. The number of aromatic nitrogens is 2. The third-order valence-electron chi connectivity index (χ3n) is 2.87. The van der Waals surface area contributed by atoms with Crippen molar-refractivity contribution in [2.24, 2.45) is 0 Å². The fourth-order valence-corrected chi connectivity index (χ4v) is 1.83. The van der Waals surface area contributed by atoms with E-state index in [4.69, 9.17) is 0 Å². The van der Waals surface area contributed by atoms with Crippen LogP contribution in [-0.4, -0.2) is 22.6 Å². The highest BCUT2D eigenvalue weighted by Gasteiger charge is 2.15. The molecule has 0 bridgehead atoms. The van der Waals surface area contributed by atoms with Crippen molar-refractivity contribution in [3.8, 4) is 0 Å². The molecule has 1 unspecified atom stereocenters. The van der Waals surface area contributed by atoms with Gasteiger partial charge in [-0.25, -0.2) is 9.97 Å². The molecular formula is C11H17N3. The van der Waals surface area contributed by atoms with Gasteiger partial charge in [0.25, 0.3) is 0 Å². The van der Waals surface area contributed by atoms with E-state index in [1.165, 1.54) is 18.4 Å². The smallest absolute Gasteiger partial charge is 0.130 e. The molecule has 3 nitrogen and oxygen atoms in total. The summed E-state index contributed by atoms with van der Waals surface area (Å²) in [6.07, 6.45) is 5.44. The van der Waals surface area contributed by atoms with Crippen LogP contribution in [0, 0.1) is 13.8 Å². The van der Waals surface area contributed by atoms with Gasteiger partial charge < -0.3 is 5.32 Å². The molecule has 1 aliphatic heterocycles. The van der Waals surface area contributed by atoms with Gasteiger partial charge in [0.1, 0.15) is 5.82 Å². The van der Waals surface area contributed by atoms with Crippen molar-refractivity contribution >= 4 is 0 Å². The molecule has 1 atom stereocenters. The van der Waals surface area contributed by atoms with E-state index in [2.05, 4.69) is 15.3 Å². The van der Waals surface area contributed by atoms with Crippen molar-refractivity contribution in [2.45, 2.75) is 39.2 Å². The lowest BCUT2D eigenvalue weighted by molar-refractivity contribution is 0.583. The molecule has 3 heteroatoms. The van der Waals surface area contributed by atoms with E-state index in [-0.39, 0.29) is 0 Å². The Bertz CT molecular complexity index is 316. The summed E-state index contributed by atoms with van der Waals surface area (Å²) in [5, 5.41) is 3.46. The Morgan fingerprint density at radius 1 is 1.50 bits per heavy atom. The van der Waals surface area contributed by atoms with Gasteiger partial charge in [-0.05, 0) is 38.8 Å². The molecule has 1 aliphatic rings. The summed E-state index contributed by atoms with van der Waals surface area (Å²) in [7, 11) is 0. The molecule has 1 aromatic rings. The molecule has 2 rings (SSSR count).